The predicted molar refractivity (Wildman–Crippen MR) is 123 cm³/mol. The molecule has 1 saturated carbocycles. The molecule has 0 radical (unpaired) electrons. The van der Waals surface area contributed by atoms with Crippen LogP contribution in [0.25, 0.3) is 5.69 Å². The van der Waals surface area contributed by atoms with E-state index in [1.54, 1.807) is 21.7 Å². The van der Waals surface area contributed by atoms with Gasteiger partial charge in [0.25, 0.3) is 11.8 Å². The second-order valence-electron chi connectivity index (χ2n) is 8.21. The number of para-hydroxylation sites is 3. The van der Waals surface area contributed by atoms with Gasteiger partial charge in [0.2, 0.25) is 0 Å². The maximum Gasteiger partial charge on any atom is 0.274 e. The van der Waals surface area contributed by atoms with Gasteiger partial charge in [-0.05, 0) is 43.2 Å². The molecule has 170 valence electrons. The Kier molecular flexibility index (Phi) is 6.08. The number of amides is 2. The summed E-state index contributed by atoms with van der Waals surface area (Å²) in [5.74, 6) is 0.480. The number of carbonyl (C=O) groups is 2. The lowest BCUT2D eigenvalue weighted by atomic mass is 10.2. The van der Waals surface area contributed by atoms with Crippen molar-refractivity contribution in [3.8, 4) is 11.4 Å². The van der Waals surface area contributed by atoms with Gasteiger partial charge in [0, 0.05) is 19.0 Å². The first kappa shape index (κ1) is 21.2. The van der Waals surface area contributed by atoms with E-state index in [4.69, 9.17) is 14.6 Å². The topological polar surface area (TPSA) is 85.7 Å². The fourth-order valence-corrected chi connectivity index (χ4v) is 3.83. The third-order valence-electron chi connectivity index (χ3n) is 5.81. The third kappa shape index (κ3) is 4.90. The first-order valence-electron chi connectivity index (χ1n) is 11.2. The molecule has 1 aliphatic heterocycles. The van der Waals surface area contributed by atoms with E-state index in [1.165, 1.54) is 0 Å². The SMILES string of the molecule is O=C(Nc1ccccc1OCC(=O)N1CCOCC1)c1cc(C2CC2)nn1-c1ccccc1. The van der Waals surface area contributed by atoms with Gasteiger partial charge in [-0.25, -0.2) is 4.68 Å². The van der Waals surface area contributed by atoms with E-state index in [1.807, 2.05) is 48.5 Å². The summed E-state index contributed by atoms with van der Waals surface area (Å²) in [5, 5.41) is 7.65. The van der Waals surface area contributed by atoms with Crippen molar-refractivity contribution in [1.82, 2.24) is 14.7 Å². The molecule has 5 rings (SSSR count). The zero-order valence-corrected chi connectivity index (χ0v) is 18.3. The van der Waals surface area contributed by atoms with Crippen molar-refractivity contribution in [3.05, 3.63) is 72.1 Å². The second kappa shape index (κ2) is 9.46. The van der Waals surface area contributed by atoms with Crippen LogP contribution in [0.15, 0.2) is 60.7 Å². The normalized spacial score (nSPS) is 15.8. The highest BCUT2D eigenvalue weighted by atomic mass is 16.5. The fourth-order valence-electron chi connectivity index (χ4n) is 3.83. The van der Waals surface area contributed by atoms with Crippen LogP contribution in [-0.2, 0) is 9.53 Å². The van der Waals surface area contributed by atoms with Gasteiger partial charge in [-0.2, -0.15) is 5.10 Å². The molecule has 2 aliphatic rings. The number of hydrogen-bond acceptors (Lipinski definition) is 5. The molecule has 33 heavy (non-hydrogen) atoms. The van der Waals surface area contributed by atoms with Gasteiger partial charge in [0.15, 0.2) is 6.61 Å². The molecule has 2 fully saturated rings. The molecule has 0 spiro atoms. The summed E-state index contributed by atoms with van der Waals surface area (Å²) in [6, 6.07) is 18.6. The largest absolute Gasteiger partial charge is 0.482 e. The van der Waals surface area contributed by atoms with E-state index in [-0.39, 0.29) is 18.4 Å². The van der Waals surface area contributed by atoms with Crippen molar-refractivity contribution >= 4 is 17.5 Å². The van der Waals surface area contributed by atoms with E-state index in [0.29, 0.717) is 49.4 Å². The number of morpholine rings is 1. The van der Waals surface area contributed by atoms with Crippen molar-refractivity contribution in [1.29, 1.82) is 0 Å². The van der Waals surface area contributed by atoms with Gasteiger partial charge in [-0.1, -0.05) is 30.3 Å². The zero-order chi connectivity index (χ0) is 22.6. The minimum Gasteiger partial charge on any atom is -0.482 e. The summed E-state index contributed by atoms with van der Waals surface area (Å²) < 4.78 is 12.8. The number of rotatable bonds is 7. The van der Waals surface area contributed by atoms with E-state index in [0.717, 1.165) is 24.2 Å². The van der Waals surface area contributed by atoms with Crippen LogP contribution in [0.3, 0.4) is 0 Å². The molecule has 2 heterocycles. The Morgan fingerprint density at radius 1 is 1.03 bits per heavy atom. The average Bonchev–Trinajstić information content (AvgIpc) is 3.62. The van der Waals surface area contributed by atoms with Crippen LogP contribution in [0.2, 0.25) is 0 Å². The van der Waals surface area contributed by atoms with Crippen LogP contribution < -0.4 is 10.1 Å². The monoisotopic (exact) mass is 446 g/mol. The number of benzene rings is 2. The molecule has 0 atom stereocenters. The molecule has 1 N–H and O–H groups in total. The van der Waals surface area contributed by atoms with Crippen molar-refractivity contribution in [2.75, 3.05) is 38.2 Å². The van der Waals surface area contributed by atoms with Gasteiger partial charge in [0.1, 0.15) is 11.4 Å². The summed E-state index contributed by atoms with van der Waals surface area (Å²) in [6.07, 6.45) is 2.20. The lowest BCUT2D eigenvalue weighted by molar-refractivity contribution is -0.137. The lowest BCUT2D eigenvalue weighted by Crippen LogP contribution is -2.43. The molecule has 0 unspecified atom stereocenters. The molecular weight excluding hydrogens is 420 g/mol. The summed E-state index contributed by atoms with van der Waals surface area (Å²) in [5.41, 5.74) is 2.73. The molecule has 1 aromatic heterocycles. The van der Waals surface area contributed by atoms with Crippen molar-refractivity contribution < 1.29 is 19.1 Å². The first-order chi connectivity index (χ1) is 16.2. The Bertz CT molecular complexity index is 1130. The number of ether oxygens (including phenoxy) is 2. The molecule has 1 saturated heterocycles. The van der Waals surface area contributed by atoms with Gasteiger partial charge >= 0.3 is 0 Å². The van der Waals surface area contributed by atoms with E-state index in [2.05, 4.69) is 5.32 Å². The van der Waals surface area contributed by atoms with Gasteiger partial charge in [0.05, 0.1) is 30.3 Å². The molecule has 2 amide bonds. The van der Waals surface area contributed by atoms with Gasteiger partial charge in [-0.15, -0.1) is 0 Å². The fraction of sp³-hybridized carbons (Fsp3) is 0.320. The number of hydrogen-bond donors (Lipinski definition) is 1. The van der Waals surface area contributed by atoms with Crippen molar-refractivity contribution in [2.24, 2.45) is 0 Å². The van der Waals surface area contributed by atoms with Crippen LogP contribution in [0, 0.1) is 0 Å². The van der Waals surface area contributed by atoms with Gasteiger partial charge in [-0.3, -0.25) is 9.59 Å². The van der Waals surface area contributed by atoms with Crippen molar-refractivity contribution in [3.63, 3.8) is 0 Å². The van der Waals surface area contributed by atoms with Crippen LogP contribution in [0.4, 0.5) is 5.69 Å². The summed E-state index contributed by atoms with van der Waals surface area (Å²) >= 11 is 0. The predicted octanol–water partition coefficient (Wildman–Crippen LogP) is 3.24. The molecule has 3 aromatic rings. The Balaban J connectivity index is 1.33. The third-order valence-corrected chi connectivity index (χ3v) is 5.81. The Labute approximate surface area is 192 Å². The Morgan fingerprint density at radius 3 is 2.52 bits per heavy atom. The molecule has 1 aliphatic carbocycles. The lowest BCUT2D eigenvalue weighted by Gasteiger charge is -2.26. The molecule has 8 heteroatoms. The number of anilines is 1. The maximum absolute atomic E-state index is 13.3. The Hall–Kier alpha value is -3.65. The van der Waals surface area contributed by atoms with Crippen LogP contribution in [0.5, 0.6) is 5.75 Å². The first-order valence-corrected chi connectivity index (χ1v) is 11.2. The highest BCUT2D eigenvalue weighted by molar-refractivity contribution is 6.04. The highest BCUT2D eigenvalue weighted by Gasteiger charge is 2.29. The number of carbonyl (C=O) groups excluding carboxylic acids is 2. The van der Waals surface area contributed by atoms with E-state index < -0.39 is 0 Å². The van der Waals surface area contributed by atoms with E-state index in [9.17, 15) is 9.59 Å². The summed E-state index contributed by atoms with van der Waals surface area (Å²) in [4.78, 5) is 27.5. The Morgan fingerprint density at radius 2 is 1.76 bits per heavy atom. The van der Waals surface area contributed by atoms with Crippen LogP contribution in [-0.4, -0.2) is 59.4 Å². The quantitative estimate of drug-likeness (QED) is 0.602. The second-order valence-corrected chi connectivity index (χ2v) is 8.21. The summed E-state index contributed by atoms with van der Waals surface area (Å²) in [7, 11) is 0. The van der Waals surface area contributed by atoms with Gasteiger partial charge < -0.3 is 19.7 Å². The zero-order valence-electron chi connectivity index (χ0n) is 18.3. The van der Waals surface area contributed by atoms with Crippen LogP contribution in [0.1, 0.15) is 34.9 Å². The minimum absolute atomic E-state index is 0.0966. The summed E-state index contributed by atoms with van der Waals surface area (Å²) in [6.45, 7) is 2.11. The number of aromatic nitrogens is 2. The number of nitrogens with zero attached hydrogens (tertiary/aromatic N) is 3. The molecule has 2 aromatic carbocycles. The number of nitrogens with one attached hydrogen (secondary N) is 1. The molecule has 8 nitrogen and oxygen atoms in total. The highest BCUT2D eigenvalue weighted by Crippen LogP contribution is 2.40. The molecular formula is C25H26N4O4. The molecule has 0 bridgehead atoms. The minimum atomic E-state index is -0.284. The standard InChI is InChI=1S/C25H26N4O4/c30-24(28-12-14-32-15-13-28)17-33-23-9-5-4-8-20(23)26-25(31)22-16-21(18-10-11-18)27-29(22)19-6-2-1-3-7-19/h1-9,16,18H,10-15,17H2,(H,26,31). The maximum atomic E-state index is 13.3. The smallest absolute Gasteiger partial charge is 0.274 e. The van der Waals surface area contributed by atoms with Crippen molar-refractivity contribution in [2.45, 2.75) is 18.8 Å². The average molecular weight is 447 g/mol. The van der Waals surface area contributed by atoms with Crippen LogP contribution >= 0.6 is 0 Å². The van der Waals surface area contributed by atoms with E-state index >= 15 is 0 Å².